The van der Waals surface area contributed by atoms with E-state index in [9.17, 15) is 0 Å². The Kier molecular flexibility index (Phi) is 3.49. The third-order valence-electron chi connectivity index (χ3n) is 1.36. The molecule has 0 spiro atoms. The molecule has 1 aromatic heterocycles. The van der Waals surface area contributed by atoms with Gasteiger partial charge in [0.15, 0.2) is 5.82 Å². The van der Waals surface area contributed by atoms with Gasteiger partial charge in [-0.2, -0.15) is 0 Å². The Labute approximate surface area is 80.4 Å². The summed E-state index contributed by atoms with van der Waals surface area (Å²) in [6, 6.07) is 3.80. The molecule has 0 aliphatic heterocycles. The quantitative estimate of drug-likeness (QED) is 0.746. The molecule has 0 saturated carbocycles. The van der Waals surface area contributed by atoms with Crippen molar-refractivity contribution in [2.45, 2.75) is 6.92 Å². The molecule has 1 heterocycles. The van der Waals surface area contributed by atoms with Crippen molar-refractivity contribution in [3.8, 4) is 0 Å². The smallest absolute Gasteiger partial charge is 0.166 e. The number of hydrogen-bond acceptors (Lipinski definition) is 3. The van der Waals surface area contributed by atoms with E-state index < -0.39 is 0 Å². The van der Waals surface area contributed by atoms with Crippen LogP contribution in [0.4, 0.5) is 5.82 Å². The van der Waals surface area contributed by atoms with E-state index in [-0.39, 0.29) is 0 Å². The third-order valence-corrected chi connectivity index (χ3v) is 1.98. The van der Waals surface area contributed by atoms with Crippen molar-refractivity contribution in [1.82, 2.24) is 4.98 Å². The first-order valence-electron chi connectivity index (χ1n) is 3.73. The van der Waals surface area contributed by atoms with Gasteiger partial charge in [-0.15, -0.1) is 0 Å². The van der Waals surface area contributed by atoms with Crippen molar-refractivity contribution in [3.63, 3.8) is 0 Å². The molecule has 0 amide bonds. The Morgan fingerprint density at radius 2 is 2.42 bits per heavy atom. The van der Waals surface area contributed by atoms with Crippen LogP contribution in [-0.2, 0) is 4.84 Å². The van der Waals surface area contributed by atoms with Crippen LogP contribution in [0.3, 0.4) is 0 Å². The van der Waals surface area contributed by atoms with Crippen LogP contribution >= 0.6 is 15.9 Å². The van der Waals surface area contributed by atoms with Crippen molar-refractivity contribution >= 4 is 21.7 Å². The number of hydroxylamine groups is 1. The van der Waals surface area contributed by atoms with Crippen molar-refractivity contribution < 1.29 is 4.84 Å². The number of pyridine rings is 1. The highest BCUT2D eigenvalue weighted by Crippen LogP contribution is 2.21. The zero-order valence-electron chi connectivity index (χ0n) is 7.12. The van der Waals surface area contributed by atoms with Gasteiger partial charge < -0.3 is 0 Å². The summed E-state index contributed by atoms with van der Waals surface area (Å²) in [5.74, 6) is 0.791. The molecule has 12 heavy (non-hydrogen) atoms. The first-order chi connectivity index (χ1) is 5.75. The molecule has 66 valence electrons. The van der Waals surface area contributed by atoms with Crippen molar-refractivity contribution in [2.75, 3.05) is 18.7 Å². The number of nitrogens with zero attached hydrogens (tertiary/aromatic N) is 2. The van der Waals surface area contributed by atoms with E-state index in [1.165, 1.54) is 0 Å². The summed E-state index contributed by atoms with van der Waals surface area (Å²) in [5.41, 5.74) is 0. The van der Waals surface area contributed by atoms with Crippen LogP contribution in [0.1, 0.15) is 6.92 Å². The molecule has 0 aliphatic carbocycles. The Morgan fingerprint density at radius 1 is 1.67 bits per heavy atom. The lowest BCUT2D eigenvalue weighted by Gasteiger charge is -2.17. The molecule has 0 bridgehead atoms. The summed E-state index contributed by atoms with van der Waals surface area (Å²) in [7, 11) is 1.83. The minimum Gasteiger partial charge on any atom is -0.273 e. The van der Waals surface area contributed by atoms with E-state index in [4.69, 9.17) is 4.84 Å². The monoisotopic (exact) mass is 230 g/mol. The van der Waals surface area contributed by atoms with E-state index in [0.717, 1.165) is 10.3 Å². The highest BCUT2D eigenvalue weighted by atomic mass is 79.9. The molecule has 4 heteroatoms. The minimum atomic E-state index is 0.638. The van der Waals surface area contributed by atoms with E-state index in [0.29, 0.717) is 6.61 Å². The van der Waals surface area contributed by atoms with Crippen LogP contribution in [0.5, 0.6) is 0 Å². The molecule has 0 unspecified atom stereocenters. The first kappa shape index (κ1) is 9.48. The van der Waals surface area contributed by atoms with Crippen LogP contribution in [0.15, 0.2) is 22.8 Å². The average Bonchev–Trinajstić information content (AvgIpc) is 2.05. The molecule has 0 fully saturated rings. The molecule has 0 aliphatic rings. The van der Waals surface area contributed by atoms with Crippen molar-refractivity contribution in [2.24, 2.45) is 0 Å². The van der Waals surface area contributed by atoms with Crippen molar-refractivity contribution in [1.29, 1.82) is 0 Å². The molecule has 0 N–H and O–H groups in total. The topological polar surface area (TPSA) is 25.4 Å². The first-order valence-corrected chi connectivity index (χ1v) is 4.52. The highest BCUT2D eigenvalue weighted by Gasteiger charge is 2.04. The fourth-order valence-corrected chi connectivity index (χ4v) is 1.37. The summed E-state index contributed by atoms with van der Waals surface area (Å²) in [6.07, 6.45) is 1.73. The second kappa shape index (κ2) is 4.42. The summed E-state index contributed by atoms with van der Waals surface area (Å²) >= 11 is 3.38. The van der Waals surface area contributed by atoms with Gasteiger partial charge in [0.25, 0.3) is 0 Å². The summed E-state index contributed by atoms with van der Waals surface area (Å²) in [5, 5.41) is 1.64. The van der Waals surface area contributed by atoms with Crippen molar-refractivity contribution in [3.05, 3.63) is 22.8 Å². The van der Waals surface area contributed by atoms with Gasteiger partial charge in [-0.3, -0.25) is 4.84 Å². The zero-order valence-corrected chi connectivity index (χ0v) is 8.71. The van der Waals surface area contributed by atoms with Gasteiger partial charge in [-0.25, -0.2) is 10.0 Å². The maximum atomic E-state index is 5.25. The van der Waals surface area contributed by atoms with Crippen LogP contribution in [0.25, 0.3) is 0 Å². The molecule has 0 atom stereocenters. The molecular formula is C8H11BrN2O. The summed E-state index contributed by atoms with van der Waals surface area (Å²) in [4.78, 5) is 9.40. The molecule has 1 rings (SSSR count). The lowest BCUT2D eigenvalue weighted by Crippen LogP contribution is -2.18. The second-order valence-corrected chi connectivity index (χ2v) is 3.08. The van der Waals surface area contributed by atoms with Crippen LogP contribution in [0, 0.1) is 0 Å². The Hall–Kier alpha value is -0.610. The normalized spacial score (nSPS) is 9.92. The summed E-state index contributed by atoms with van der Waals surface area (Å²) < 4.78 is 0.931. The van der Waals surface area contributed by atoms with Crippen LogP contribution in [0.2, 0.25) is 0 Å². The zero-order chi connectivity index (χ0) is 8.97. The molecule has 3 nitrogen and oxygen atoms in total. The van der Waals surface area contributed by atoms with E-state index in [1.807, 2.05) is 26.1 Å². The number of aromatic nitrogens is 1. The van der Waals surface area contributed by atoms with Gasteiger partial charge in [0.05, 0.1) is 11.1 Å². The fraction of sp³-hybridized carbons (Fsp3) is 0.375. The van der Waals surface area contributed by atoms with Gasteiger partial charge >= 0.3 is 0 Å². The molecule has 0 saturated heterocycles. The standard InChI is InChI=1S/C8H11BrN2O/c1-3-12-11(2)8-7(9)5-4-6-10-8/h4-6H,3H2,1-2H3. The second-order valence-electron chi connectivity index (χ2n) is 2.22. The van der Waals surface area contributed by atoms with E-state index in [1.54, 1.807) is 11.3 Å². The predicted molar refractivity (Wildman–Crippen MR) is 52.0 cm³/mol. The van der Waals surface area contributed by atoms with Crippen LogP contribution in [-0.4, -0.2) is 18.6 Å². The molecule has 1 aromatic rings. The van der Waals surface area contributed by atoms with Gasteiger partial charge in [-0.05, 0) is 35.0 Å². The lowest BCUT2D eigenvalue weighted by atomic mass is 10.5. The number of anilines is 1. The van der Waals surface area contributed by atoms with Gasteiger partial charge in [-0.1, -0.05) is 0 Å². The molecule has 0 aromatic carbocycles. The minimum absolute atomic E-state index is 0.638. The predicted octanol–water partition coefficient (Wildman–Crippen LogP) is 2.23. The van der Waals surface area contributed by atoms with Gasteiger partial charge in [0.2, 0.25) is 0 Å². The highest BCUT2D eigenvalue weighted by molar-refractivity contribution is 9.10. The molecular weight excluding hydrogens is 220 g/mol. The Balaban J connectivity index is 2.79. The maximum absolute atomic E-state index is 5.25. The Morgan fingerprint density at radius 3 is 3.00 bits per heavy atom. The summed E-state index contributed by atoms with van der Waals surface area (Å²) in [6.45, 7) is 2.58. The third kappa shape index (κ3) is 2.19. The maximum Gasteiger partial charge on any atom is 0.166 e. The lowest BCUT2D eigenvalue weighted by molar-refractivity contribution is 0.132. The van der Waals surface area contributed by atoms with Gasteiger partial charge in [0.1, 0.15) is 0 Å². The molecule has 0 radical (unpaired) electrons. The number of rotatable bonds is 3. The largest absolute Gasteiger partial charge is 0.273 e. The average molecular weight is 231 g/mol. The Bertz CT molecular complexity index is 255. The van der Waals surface area contributed by atoms with Crippen LogP contribution < -0.4 is 5.06 Å². The van der Waals surface area contributed by atoms with E-state index in [2.05, 4.69) is 20.9 Å². The fourth-order valence-electron chi connectivity index (χ4n) is 0.864. The van der Waals surface area contributed by atoms with Gasteiger partial charge in [0, 0.05) is 13.2 Å². The van der Waals surface area contributed by atoms with E-state index >= 15 is 0 Å². The number of hydrogen-bond donors (Lipinski definition) is 0. The SMILES string of the molecule is CCON(C)c1ncccc1Br. The number of halogens is 1.